The molecular formula is C11H12O6. The fourth-order valence-corrected chi connectivity index (χ4v) is 1.94. The summed E-state index contributed by atoms with van der Waals surface area (Å²) in [4.78, 5) is 33.8. The van der Waals surface area contributed by atoms with Gasteiger partial charge in [0.05, 0.1) is 0 Å². The zero-order chi connectivity index (χ0) is 13.2. The average Bonchev–Trinajstić information content (AvgIpc) is 2.27. The number of carbonyl (C=O) groups excluding carboxylic acids is 1. The summed E-state index contributed by atoms with van der Waals surface area (Å²) in [6.45, 7) is 0.388. The van der Waals surface area contributed by atoms with Crippen LogP contribution in [0.25, 0.3) is 0 Å². The minimum absolute atomic E-state index is 0.170. The Balaban J connectivity index is 3.33. The molecule has 0 fully saturated rings. The van der Waals surface area contributed by atoms with E-state index in [1.165, 1.54) is 19.1 Å². The molecule has 1 rings (SSSR count). The van der Waals surface area contributed by atoms with Crippen molar-refractivity contribution in [3.63, 3.8) is 0 Å². The summed E-state index contributed by atoms with van der Waals surface area (Å²) in [5.74, 6) is -4.71. The molecule has 1 aliphatic carbocycles. The van der Waals surface area contributed by atoms with Gasteiger partial charge in [-0.05, 0) is 0 Å². The van der Waals surface area contributed by atoms with E-state index in [4.69, 9.17) is 15.3 Å². The number of carboxylic acids is 2. The summed E-state index contributed by atoms with van der Waals surface area (Å²) >= 11 is 0. The number of hydrogen-bond donors (Lipinski definition) is 3. The van der Waals surface area contributed by atoms with Crippen LogP contribution in [-0.4, -0.2) is 39.6 Å². The van der Waals surface area contributed by atoms with Crippen LogP contribution >= 0.6 is 0 Å². The van der Waals surface area contributed by atoms with Crippen molar-refractivity contribution < 1.29 is 29.7 Å². The Hall–Kier alpha value is -1.95. The normalized spacial score (nSPS) is 27.4. The van der Waals surface area contributed by atoms with Crippen LogP contribution in [-0.2, 0) is 14.4 Å². The molecule has 0 amide bonds. The smallest absolute Gasteiger partial charge is 0.331 e. The van der Waals surface area contributed by atoms with E-state index in [0.717, 1.165) is 6.08 Å². The zero-order valence-electron chi connectivity index (χ0n) is 9.08. The van der Waals surface area contributed by atoms with Gasteiger partial charge in [0.25, 0.3) is 0 Å². The number of ketones is 1. The molecule has 0 aliphatic heterocycles. The summed E-state index contributed by atoms with van der Waals surface area (Å²) in [5.41, 5.74) is -2.17. The molecule has 2 atom stereocenters. The number of aliphatic hydroxyl groups is 1. The molecule has 92 valence electrons. The third kappa shape index (κ3) is 1.87. The molecule has 2 unspecified atom stereocenters. The van der Waals surface area contributed by atoms with E-state index < -0.39 is 35.7 Å². The minimum atomic E-state index is -2.00. The van der Waals surface area contributed by atoms with E-state index in [1.54, 1.807) is 0 Å². The first-order chi connectivity index (χ1) is 7.87. The van der Waals surface area contributed by atoms with E-state index >= 15 is 0 Å². The highest BCUT2D eigenvalue weighted by Crippen LogP contribution is 2.39. The number of aliphatic carboxylic acids is 2. The van der Waals surface area contributed by atoms with Crippen LogP contribution in [0.3, 0.4) is 0 Å². The second kappa shape index (κ2) is 4.50. The predicted octanol–water partition coefficient (Wildman–Crippen LogP) is -0.164. The number of rotatable bonds is 4. The minimum Gasteiger partial charge on any atom is -0.480 e. The first kappa shape index (κ1) is 13.1. The molecule has 0 saturated carbocycles. The number of hydrogen-bond acceptors (Lipinski definition) is 4. The highest BCUT2D eigenvalue weighted by Gasteiger charge is 2.51. The van der Waals surface area contributed by atoms with Gasteiger partial charge in [0.1, 0.15) is 6.61 Å². The quantitative estimate of drug-likeness (QED) is 0.588. The third-order valence-electron chi connectivity index (χ3n) is 2.99. The van der Waals surface area contributed by atoms with Gasteiger partial charge in [0.15, 0.2) is 11.2 Å². The topological polar surface area (TPSA) is 112 Å². The van der Waals surface area contributed by atoms with Crippen LogP contribution < -0.4 is 0 Å². The highest BCUT2D eigenvalue weighted by atomic mass is 16.4. The van der Waals surface area contributed by atoms with Gasteiger partial charge in [-0.3, -0.25) is 9.59 Å². The van der Waals surface area contributed by atoms with E-state index in [1.807, 2.05) is 0 Å². The molecule has 0 spiro atoms. The fraction of sp³-hybridized carbons (Fsp3) is 0.364. The Bertz CT molecular complexity index is 433. The van der Waals surface area contributed by atoms with E-state index in [0.29, 0.717) is 0 Å². The van der Waals surface area contributed by atoms with Gasteiger partial charge in [-0.25, -0.2) is 4.79 Å². The number of Topliss-reactive ketones (excluding diaryl/α,β-unsaturated/α-hetero) is 1. The zero-order valence-corrected chi connectivity index (χ0v) is 9.08. The number of carboxylic acid groups (broad SMARTS) is 2. The number of aliphatic hydroxyl groups excluding tert-OH is 1. The van der Waals surface area contributed by atoms with E-state index in [-0.39, 0.29) is 5.57 Å². The number of allylic oxidation sites excluding steroid dienone is 2. The Morgan fingerprint density at radius 2 is 1.94 bits per heavy atom. The lowest BCUT2D eigenvalue weighted by Gasteiger charge is -2.32. The largest absolute Gasteiger partial charge is 0.480 e. The van der Waals surface area contributed by atoms with Crippen LogP contribution in [0.5, 0.6) is 0 Å². The van der Waals surface area contributed by atoms with Crippen LogP contribution in [0.4, 0.5) is 0 Å². The molecule has 0 saturated heterocycles. The van der Waals surface area contributed by atoms with Gasteiger partial charge in [-0.2, -0.15) is 0 Å². The van der Waals surface area contributed by atoms with Crippen molar-refractivity contribution in [3.05, 3.63) is 23.8 Å². The molecule has 0 aromatic rings. The maximum Gasteiger partial charge on any atom is 0.331 e. The molecule has 1 aliphatic rings. The lowest BCUT2D eigenvalue weighted by atomic mass is 9.67. The lowest BCUT2D eigenvalue weighted by molar-refractivity contribution is -0.155. The van der Waals surface area contributed by atoms with Crippen molar-refractivity contribution >= 4 is 17.7 Å². The van der Waals surface area contributed by atoms with E-state index in [9.17, 15) is 14.4 Å². The van der Waals surface area contributed by atoms with Gasteiger partial charge in [-0.1, -0.05) is 25.2 Å². The summed E-state index contributed by atoms with van der Waals surface area (Å²) in [7, 11) is 0. The second-order valence-corrected chi connectivity index (χ2v) is 3.76. The van der Waals surface area contributed by atoms with E-state index in [2.05, 4.69) is 0 Å². The standard InChI is InChI=1S/C11H12O6/c1-6-7(9(14)15)3-2-4-11(6,10(16)17)8(13)5-12/h2-4,6,12H,5H2,1H3,(H,14,15)(H,16,17). The molecule has 6 nitrogen and oxygen atoms in total. The van der Waals surface area contributed by atoms with Crippen molar-refractivity contribution in [2.24, 2.45) is 11.3 Å². The fourth-order valence-electron chi connectivity index (χ4n) is 1.94. The Kier molecular flexibility index (Phi) is 3.47. The highest BCUT2D eigenvalue weighted by molar-refractivity contribution is 6.08. The molecular weight excluding hydrogens is 228 g/mol. The molecule has 17 heavy (non-hydrogen) atoms. The summed E-state index contributed by atoms with van der Waals surface area (Å²) < 4.78 is 0. The molecule has 6 heteroatoms. The molecule has 0 bridgehead atoms. The summed E-state index contributed by atoms with van der Waals surface area (Å²) in [6.07, 6.45) is 3.58. The first-order valence-corrected chi connectivity index (χ1v) is 4.88. The maximum absolute atomic E-state index is 11.6. The van der Waals surface area contributed by atoms with Crippen LogP contribution in [0.15, 0.2) is 23.8 Å². The lowest BCUT2D eigenvalue weighted by Crippen LogP contribution is -2.47. The Morgan fingerprint density at radius 1 is 1.35 bits per heavy atom. The molecule has 0 radical (unpaired) electrons. The summed E-state index contributed by atoms with van der Waals surface area (Å²) in [6, 6.07) is 0. The van der Waals surface area contributed by atoms with Crippen molar-refractivity contribution in [1.29, 1.82) is 0 Å². The maximum atomic E-state index is 11.6. The van der Waals surface area contributed by atoms with Crippen molar-refractivity contribution in [2.75, 3.05) is 6.61 Å². The van der Waals surface area contributed by atoms with Crippen molar-refractivity contribution in [2.45, 2.75) is 6.92 Å². The monoisotopic (exact) mass is 240 g/mol. The second-order valence-electron chi connectivity index (χ2n) is 3.76. The van der Waals surface area contributed by atoms with Gasteiger partial charge in [-0.15, -0.1) is 0 Å². The molecule has 0 aromatic heterocycles. The van der Waals surface area contributed by atoms with Gasteiger partial charge in [0.2, 0.25) is 0 Å². The average molecular weight is 240 g/mol. The summed E-state index contributed by atoms with van der Waals surface area (Å²) in [5, 5.41) is 26.9. The number of carbonyl (C=O) groups is 3. The predicted molar refractivity (Wildman–Crippen MR) is 56.2 cm³/mol. The van der Waals surface area contributed by atoms with Gasteiger partial charge in [0, 0.05) is 11.5 Å². The Morgan fingerprint density at radius 3 is 2.35 bits per heavy atom. The van der Waals surface area contributed by atoms with Gasteiger partial charge < -0.3 is 15.3 Å². The first-order valence-electron chi connectivity index (χ1n) is 4.88. The van der Waals surface area contributed by atoms with Crippen LogP contribution in [0.2, 0.25) is 0 Å². The van der Waals surface area contributed by atoms with Crippen molar-refractivity contribution in [3.8, 4) is 0 Å². The van der Waals surface area contributed by atoms with Gasteiger partial charge >= 0.3 is 11.9 Å². The molecule has 0 aromatic carbocycles. The third-order valence-corrected chi connectivity index (χ3v) is 2.99. The van der Waals surface area contributed by atoms with Crippen LogP contribution in [0, 0.1) is 11.3 Å². The SMILES string of the molecule is CC1C(C(=O)O)=CC=CC1(C(=O)O)C(=O)CO. The van der Waals surface area contributed by atoms with Crippen LogP contribution in [0.1, 0.15) is 6.92 Å². The molecule has 0 heterocycles. The Labute approximate surface area is 96.9 Å². The molecule has 3 N–H and O–H groups in total. The van der Waals surface area contributed by atoms with Crippen molar-refractivity contribution in [1.82, 2.24) is 0 Å².